The van der Waals surface area contributed by atoms with E-state index in [0.29, 0.717) is 13.0 Å². The van der Waals surface area contributed by atoms with Crippen LogP contribution in [0, 0.1) is 17.2 Å². The van der Waals surface area contributed by atoms with Crippen molar-refractivity contribution in [2.75, 3.05) is 6.61 Å². The van der Waals surface area contributed by atoms with E-state index >= 15 is 0 Å². The molecular weight excluding hydrogens is 286 g/mol. The van der Waals surface area contributed by atoms with Gasteiger partial charge < -0.3 is 4.74 Å². The molecule has 1 unspecified atom stereocenters. The van der Waals surface area contributed by atoms with Crippen LogP contribution in [0.25, 0.3) is 0 Å². The van der Waals surface area contributed by atoms with Gasteiger partial charge in [-0.25, -0.2) is 0 Å². The second-order valence-corrected chi connectivity index (χ2v) is 6.13. The van der Waals surface area contributed by atoms with Crippen molar-refractivity contribution in [2.45, 2.75) is 66.7 Å². The monoisotopic (exact) mass is 317 g/mol. The van der Waals surface area contributed by atoms with Gasteiger partial charge in [0.2, 0.25) is 0 Å². The Kier molecular flexibility index (Phi) is 11.7. The van der Waals surface area contributed by atoms with Crippen LogP contribution in [-0.2, 0) is 9.53 Å². The van der Waals surface area contributed by atoms with Crippen molar-refractivity contribution in [3.8, 4) is 6.07 Å². The first-order valence-corrected chi connectivity index (χ1v) is 8.41. The van der Waals surface area contributed by atoms with E-state index in [4.69, 9.17) is 10.00 Å². The summed E-state index contributed by atoms with van der Waals surface area (Å²) in [5.41, 5.74) is 3.99. The molecule has 0 aromatic rings. The third-order valence-corrected chi connectivity index (χ3v) is 3.55. The molecule has 0 saturated heterocycles. The molecule has 1 atom stereocenters. The normalized spacial score (nSPS) is 13.2. The van der Waals surface area contributed by atoms with Crippen molar-refractivity contribution in [3.05, 3.63) is 34.9 Å². The summed E-state index contributed by atoms with van der Waals surface area (Å²) in [6.07, 6.45) is 11.1. The Hall–Kier alpha value is -1.82. The summed E-state index contributed by atoms with van der Waals surface area (Å²) < 4.78 is 4.89. The Labute approximate surface area is 141 Å². The fraction of sp³-hybridized carbons (Fsp3) is 0.600. The molecule has 3 nitrogen and oxygen atoms in total. The number of allylic oxidation sites excluding steroid dienone is 6. The average molecular weight is 317 g/mol. The minimum atomic E-state index is -0.689. The van der Waals surface area contributed by atoms with Crippen LogP contribution in [0.5, 0.6) is 0 Å². The Morgan fingerprint density at radius 3 is 2.13 bits per heavy atom. The second-order valence-electron chi connectivity index (χ2n) is 6.13. The maximum atomic E-state index is 11.6. The van der Waals surface area contributed by atoms with E-state index in [0.717, 1.165) is 25.7 Å². The number of carbonyl (C=O) groups is 1. The molecule has 0 bridgehead atoms. The summed E-state index contributed by atoms with van der Waals surface area (Å²) in [6.45, 7) is 10.5. The van der Waals surface area contributed by atoms with Gasteiger partial charge in [-0.15, -0.1) is 0 Å². The zero-order valence-corrected chi connectivity index (χ0v) is 15.3. The first-order chi connectivity index (χ1) is 10.9. The molecule has 0 aliphatic heterocycles. The minimum absolute atomic E-state index is 0.316. The van der Waals surface area contributed by atoms with Crippen molar-refractivity contribution in [2.24, 2.45) is 5.92 Å². The van der Waals surface area contributed by atoms with Crippen LogP contribution < -0.4 is 0 Å². The predicted molar refractivity (Wildman–Crippen MR) is 95.8 cm³/mol. The zero-order valence-electron chi connectivity index (χ0n) is 15.3. The van der Waals surface area contributed by atoms with E-state index < -0.39 is 11.9 Å². The van der Waals surface area contributed by atoms with Crippen LogP contribution in [0.15, 0.2) is 34.9 Å². The van der Waals surface area contributed by atoms with Crippen molar-refractivity contribution >= 4 is 5.97 Å². The van der Waals surface area contributed by atoms with E-state index in [1.807, 2.05) is 19.1 Å². The molecule has 128 valence electrons. The van der Waals surface area contributed by atoms with E-state index in [1.165, 1.54) is 16.7 Å². The van der Waals surface area contributed by atoms with Gasteiger partial charge in [-0.2, -0.15) is 5.26 Å². The van der Waals surface area contributed by atoms with Gasteiger partial charge in [0.05, 0.1) is 12.7 Å². The molecule has 3 heteroatoms. The van der Waals surface area contributed by atoms with Crippen LogP contribution in [-0.4, -0.2) is 12.6 Å². The summed E-state index contributed by atoms with van der Waals surface area (Å²) >= 11 is 0. The molecule has 0 amide bonds. The van der Waals surface area contributed by atoms with Crippen LogP contribution in [0.1, 0.15) is 66.7 Å². The Balaban J connectivity index is 4.22. The highest BCUT2D eigenvalue weighted by molar-refractivity contribution is 5.75. The molecule has 0 saturated carbocycles. The quantitative estimate of drug-likeness (QED) is 0.395. The highest BCUT2D eigenvalue weighted by Gasteiger charge is 2.17. The SMILES string of the molecule is CCOC(=O)C(C#N)C/C=C(\C)CC/C=C(\C)CCC=C(C)C. The molecule has 0 aliphatic carbocycles. The van der Waals surface area contributed by atoms with Gasteiger partial charge in [0.15, 0.2) is 0 Å². The van der Waals surface area contributed by atoms with E-state index in [1.54, 1.807) is 6.92 Å². The van der Waals surface area contributed by atoms with E-state index in [9.17, 15) is 4.79 Å². The van der Waals surface area contributed by atoms with Gasteiger partial charge >= 0.3 is 5.97 Å². The van der Waals surface area contributed by atoms with Crippen LogP contribution in [0.3, 0.4) is 0 Å². The summed E-state index contributed by atoms with van der Waals surface area (Å²) in [6, 6.07) is 2.01. The highest BCUT2D eigenvalue weighted by Crippen LogP contribution is 2.14. The molecule has 0 rings (SSSR count). The van der Waals surface area contributed by atoms with E-state index in [-0.39, 0.29) is 0 Å². The first kappa shape index (κ1) is 21.2. The Morgan fingerprint density at radius 1 is 1.04 bits per heavy atom. The average Bonchev–Trinajstić information content (AvgIpc) is 2.47. The minimum Gasteiger partial charge on any atom is -0.465 e. The number of esters is 1. The lowest BCUT2D eigenvalue weighted by atomic mass is 10.0. The van der Waals surface area contributed by atoms with Gasteiger partial charge in [-0.1, -0.05) is 34.9 Å². The number of carbonyl (C=O) groups excluding carboxylic acids is 1. The Morgan fingerprint density at radius 2 is 1.61 bits per heavy atom. The Bertz CT molecular complexity index is 488. The lowest BCUT2D eigenvalue weighted by Gasteiger charge is -2.06. The van der Waals surface area contributed by atoms with Gasteiger partial charge in [0.1, 0.15) is 5.92 Å². The lowest BCUT2D eigenvalue weighted by molar-refractivity contribution is -0.145. The molecule has 0 N–H and O–H groups in total. The van der Waals surface area contributed by atoms with Crippen LogP contribution in [0.4, 0.5) is 0 Å². The van der Waals surface area contributed by atoms with Crippen LogP contribution in [0.2, 0.25) is 0 Å². The summed E-state index contributed by atoms with van der Waals surface area (Å²) in [5.74, 6) is -1.11. The largest absolute Gasteiger partial charge is 0.465 e. The van der Waals surface area contributed by atoms with Gasteiger partial charge in [-0.05, 0) is 66.7 Å². The second kappa shape index (κ2) is 12.7. The van der Waals surface area contributed by atoms with Gasteiger partial charge in [0, 0.05) is 0 Å². The number of hydrogen-bond donors (Lipinski definition) is 0. The van der Waals surface area contributed by atoms with E-state index in [2.05, 4.69) is 32.9 Å². The maximum Gasteiger partial charge on any atom is 0.323 e. The topological polar surface area (TPSA) is 50.1 Å². The molecule has 0 aromatic carbocycles. The zero-order chi connectivity index (χ0) is 17.7. The number of ether oxygens (including phenoxy) is 1. The molecule has 0 spiro atoms. The molecule has 0 aromatic heterocycles. The number of rotatable bonds is 10. The molecule has 0 heterocycles. The van der Waals surface area contributed by atoms with Crippen molar-refractivity contribution in [3.63, 3.8) is 0 Å². The lowest BCUT2D eigenvalue weighted by Crippen LogP contribution is -2.15. The van der Waals surface area contributed by atoms with Crippen molar-refractivity contribution < 1.29 is 9.53 Å². The number of hydrogen-bond acceptors (Lipinski definition) is 3. The molecule has 0 radical (unpaired) electrons. The molecule has 23 heavy (non-hydrogen) atoms. The summed E-state index contributed by atoms with van der Waals surface area (Å²) in [5, 5.41) is 9.01. The molecule has 0 aliphatic rings. The fourth-order valence-corrected chi connectivity index (χ4v) is 2.10. The van der Waals surface area contributed by atoms with Crippen LogP contribution >= 0.6 is 0 Å². The smallest absolute Gasteiger partial charge is 0.323 e. The summed E-state index contributed by atoms with van der Waals surface area (Å²) in [7, 11) is 0. The maximum absolute atomic E-state index is 11.6. The number of nitriles is 1. The summed E-state index contributed by atoms with van der Waals surface area (Å²) in [4.78, 5) is 11.6. The van der Waals surface area contributed by atoms with Gasteiger partial charge in [0.25, 0.3) is 0 Å². The van der Waals surface area contributed by atoms with Gasteiger partial charge in [-0.3, -0.25) is 4.79 Å². The molecular formula is C20H31NO2. The highest BCUT2D eigenvalue weighted by atomic mass is 16.5. The fourth-order valence-electron chi connectivity index (χ4n) is 2.10. The third kappa shape index (κ3) is 11.4. The molecule has 0 fully saturated rings. The third-order valence-electron chi connectivity index (χ3n) is 3.55. The first-order valence-electron chi connectivity index (χ1n) is 8.41. The standard InChI is InChI=1S/C20H31NO2/c1-6-23-20(22)19(15-21)14-13-18(5)12-8-11-17(4)10-7-9-16(2)3/h9,11,13,19H,6-8,10,12,14H2,1-5H3/b17-11+,18-13+. The predicted octanol–water partition coefficient (Wildman–Crippen LogP) is 5.50. The van der Waals surface area contributed by atoms with Crippen molar-refractivity contribution in [1.29, 1.82) is 5.26 Å². The number of nitrogens with zero attached hydrogens (tertiary/aromatic N) is 1. The van der Waals surface area contributed by atoms with Crippen molar-refractivity contribution in [1.82, 2.24) is 0 Å².